The zero-order chi connectivity index (χ0) is 10.7. The molecule has 0 amide bonds. The van der Waals surface area contributed by atoms with Crippen molar-refractivity contribution in [3.63, 3.8) is 0 Å². The molecule has 0 saturated heterocycles. The summed E-state index contributed by atoms with van der Waals surface area (Å²) in [5, 5.41) is 12.3. The van der Waals surface area contributed by atoms with E-state index in [0.29, 0.717) is 6.04 Å². The van der Waals surface area contributed by atoms with E-state index in [1.54, 1.807) is 11.3 Å². The summed E-state index contributed by atoms with van der Waals surface area (Å²) >= 11 is 5.17. The van der Waals surface area contributed by atoms with Gasteiger partial charge in [0.15, 0.2) is 0 Å². The van der Waals surface area contributed by atoms with E-state index in [4.69, 9.17) is 0 Å². The third kappa shape index (κ3) is 2.90. The second-order valence-corrected chi connectivity index (χ2v) is 5.68. The Kier molecular flexibility index (Phi) is 3.56. The van der Waals surface area contributed by atoms with Crippen molar-refractivity contribution in [3.05, 3.63) is 38.8 Å². The number of halogens is 1. The molecule has 5 heteroatoms. The molecule has 0 bridgehead atoms. The SMILES string of the molecule is CC(NCc1csc(Br)c1)c1cn[nH]c1. The number of nitrogens with one attached hydrogen (secondary N) is 2. The van der Waals surface area contributed by atoms with Crippen LogP contribution in [-0.2, 0) is 6.54 Å². The van der Waals surface area contributed by atoms with Gasteiger partial charge in [-0.3, -0.25) is 5.10 Å². The summed E-state index contributed by atoms with van der Waals surface area (Å²) in [5.74, 6) is 0. The summed E-state index contributed by atoms with van der Waals surface area (Å²) in [4.78, 5) is 0. The van der Waals surface area contributed by atoms with Crippen LogP contribution in [0.2, 0.25) is 0 Å². The van der Waals surface area contributed by atoms with Crippen molar-refractivity contribution in [3.8, 4) is 0 Å². The molecule has 0 aliphatic rings. The lowest BCUT2D eigenvalue weighted by Crippen LogP contribution is -2.17. The lowest BCUT2D eigenvalue weighted by atomic mass is 10.2. The van der Waals surface area contributed by atoms with Gasteiger partial charge in [0.25, 0.3) is 0 Å². The van der Waals surface area contributed by atoms with Crippen molar-refractivity contribution >= 4 is 27.3 Å². The highest BCUT2D eigenvalue weighted by Gasteiger charge is 2.05. The van der Waals surface area contributed by atoms with Gasteiger partial charge in [0.1, 0.15) is 0 Å². The van der Waals surface area contributed by atoms with Crippen LogP contribution in [0.25, 0.3) is 0 Å². The molecular formula is C10H12BrN3S. The number of thiophene rings is 1. The van der Waals surface area contributed by atoms with Gasteiger partial charge in [-0.25, -0.2) is 0 Å². The van der Waals surface area contributed by atoms with E-state index in [2.05, 4.69) is 49.8 Å². The van der Waals surface area contributed by atoms with Gasteiger partial charge in [-0.15, -0.1) is 11.3 Å². The first-order chi connectivity index (χ1) is 7.25. The number of aromatic nitrogens is 2. The number of aromatic amines is 1. The van der Waals surface area contributed by atoms with Crippen molar-refractivity contribution in [1.82, 2.24) is 15.5 Å². The predicted octanol–water partition coefficient (Wildman–Crippen LogP) is 3.08. The molecule has 0 aliphatic carbocycles. The van der Waals surface area contributed by atoms with E-state index in [1.807, 2.05) is 12.4 Å². The zero-order valence-electron chi connectivity index (χ0n) is 8.33. The van der Waals surface area contributed by atoms with Crippen LogP contribution >= 0.6 is 27.3 Å². The Morgan fingerprint density at radius 1 is 1.67 bits per heavy atom. The quantitative estimate of drug-likeness (QED) is 0.906. The molecule has 2 aromatic heterocycles. The molecule has 15 heavy (non-hydrogen) atoms. The van der Waals surface area contributed by atoms with Crippen molar-refractivity contribution < 1.29 is 0 Å². The Morgan fingerprint density at radius 3 is 3.13 bits per heavy atom. The molecule has 2 aromatic rings. The van der Waals surface area contributed by atoms with Gasteiger partial charge < -0.3 is 5.32 Å². The Labute approximate surface area is 101 Å². The zero-order valence-corrected chi connectivity index (χ0v) is 10.7. The van der Waals surface area contributed by atoms with Gasteiger partial charge >= 0.3 is 0 Å². The van der Waals surface area contributed by atoms with Gasteiger partial charge in [-0.05, 0) is 39.9 Å². The molecule has 0 fully saturated rings. The lowest BCUT2D eigenvalue weighted by Gasteiger charge is -2.10. The number of rotatable bonds is 4. The van der Waals surface area contributed by atoms with Crippen molar-refractivity contribution in [1.29, 1.82) is 0 Å². The highest BCUT2D eigenvalue weighted by molar-refractivity contribution is 9.11. The minimum Gasteiger partial charge on any atom is -0.306 e. The first-order valence-corrected chi connectivity index (χ1v) is 6.38. The second-order valence-electron chi connectivity index (χ2n) is 3.39. The fourth-order valence-corrected chi connectivity index (χ4v) is 2.53. The van der Waals surface area contributed by atoms with Crippen LogP contribution in [0.5, 0.6) is 0 Å². The molecule has 0 aromatic carbocycles. The molecule has 2 N–H and O–H groups in total. The smallest absolute Gasteiger partial charge is 0.0701 e. The molecule has 1 atom stereocenters. The Bertz CT molecular complexity index is 410. The predicted molar refractivity (Wildman–Crippen MR) is 65.9 cm³/mol. The number of hydrogen-bond donors (Lipinski definition) is 2. The molecule has 0 radical (unpaired) electrons. The van der Waals surface area contributed by atoms with Crippen LogP contribution in [0.15, 0.2) is 27.6 Å². The number of nitrogens with zero attached hydrogens (tertiary/aromatic N) is 1. The minimum absolute atomic E-state index is 0.322. The van der Waals surface area contributed by atoms with Crippen molar-refractivity contribution in [2.24, 2.45) is 0 Å². The highest BCUT2D eigenvalue weighted by atomic mass is 79.9. The Hall–Kier alpha value is -0.650. The van der Waals surface area contributed by atoms with Crippen LogP contribution in [0.4, 0.5) is 0 Å². The minimum atomic E-state index is 0.322. The van der Waals surface area contributed by atoms with Gasteiger partial charge in [-0.2, -0.15) is 5.10 Å². The molecule has 80 valence electrons. The van der Waals surface area contributed by atoms with Gasteiger partial charge in [0.05, 0.1) is 9.98 Å². The fourth-order valence-electron chi connectivity index (χ4n) is 1.32. The summed E-state index contributed by atoms with van der Waals surface area (Å²) in [7, 11) is 0. The molecule has 2 heterocycles. The molecule has 1 unspecified atom stereocenters. The van der Waals surface area contributed by atoms with E-state index >= 15 is 0 Å². The van der Waals surface area contributed by atoms with E-state index in [0.717, 1.165) is 6.54 Å². The van der Waals surface area contributed by atoms with Gasteiger partial charge in [0.2, 0.25) is 0 Å². The number of hydrogen-bond acceptors (Lipinski definition) is 3. The average Bonchev–Trinajstić information content (AvgIpc) is 2.84. The largest absolute Gasteiger partial charge is 0.306 e. The first-order valence-electron chi connectivity index (χ1n) is 4.70. The van der Waals surface area contributed by atoms with E-state index in [-0.39, 0.29) is 0 Å². The van der Waals surface area contributed by atoms with Crippen LogP contribution in [0.1, 0.15) is 24.1 Å². The normalized spacial score (nSPS) is 12.9. The first kappa shape index (κ1) is 10.9. The Balaban J connectivity index is 1.88. The molecule has 0 spiro atoms. The van der Waals surface area contributed by atoms with Crippen LogP contribution in [0, 0.1) is 0 Å². The molecule has 3 nitrogen and oxygen atoms in total. The molecule has 0 saturated carbocycles. The summed E-state index contributed by atoms with van der Waals surface area (Å²) in [6.07, 6.45) is 3.77. The van der Waals surface area contributed by atoms with Crippen LogP contribution < -0.4 is 5.32 Å². The monoisotopic (exact) mass is 285 g/mol. The van der Waals surface area contributed by atoms with Crippen LogP contribution in [0.3, 0.4) is 0 Å². The van der Waals surface area contributed by atoms with Crippen molar-refractivity contribution in [2.75, 3.05) is 0 Å². The maximum absolute atomic E-state index is 3.93. The van der Waals surface area contributed by atoms with Gasteiger partial charge in [-0.1, -0.05) is 0 Å². The van der Waals surface area contributed by atoms with E-state index in [1.165, 1.54) is 14.9 Å². The van der Waals surface area contributed by atoms with Crippen molar-refractivity contribution in [2.45, 2.75) is 19.5 Å². The maximum Gasteiger partial charge on any atom is 0.0701 e. The summed E-state index contributed by atoms with van der Waals surface area (Å²) in [6.45, 7) is 3.01. The average molecular weight is 286 g/mol. The van der Waals surface area contributed by atoms with Gasteiger partial charge in [0, 0.05) is 24.3 Å². The Morgan fingerprint density at radius 2 is 2.53 bits per heavy atom. The maximum atomic E-state index is 3.93. The van der Waals surface area contributed by atoms with E-state index < -0.39 is 0 Å². The number of H-pyrrole nitrogens is 1. The third-order valence-corrected chi connectivity index (χ3v) is 3.81. The molecule has 2 rings (SSSR count). The molecule has 0 aliphatic heterocycles. The summed E-state index contributed by atoms with van der Waals surface area (Å²) in [5.41, 5.74) is 2.49. The second kappa shape index (κ2) is 4.92. The third-order valence-electron chi connectivity index (χ3n) is 2.25. The summed E-state index contributed by atoms with van der Waals surface area (Å²) < 4.78 is 1.18. The lowest BCUT2D eigenvalue weighted by molar-refractivity contribution is 0.575. The highest BCUT2D eigenvalue weighted by Crippen LogP contribution is 2.21. The van der Waals surface area contributed by atoms with Crippen LogP contribution in [-0.4, -0.2) is 10.2 Å². The van der Waals surface area contributed by atoms with E-state index in [9.17, 15) is 0 Å². The topological polar surface area (TPSA) is 40.7 Å². The fraction of sp³-hybridized carbons (Fsp3) is 0.300. The summed E-state index contributed by atoms with van der Waals surface area (Å²) in [6, 6.07) is 2.46. The molecular weight excluding hydrogens is 274 g/mol. The standard InChI is InChI=1S/C10H12BrN3S/c1-7(9-4-13-14-5-9)12-3-8-2-10(11)15-6-8/h2,4-7,12H,3H2,1H3,(H,13,14).